The molecule has 0 saturated carbocycles. The van der Waals surface area contributed by atoms with Crippen LogP contribution in [0.3, 0.4) is 0 Å². The fraction of sp³-hybridized carbons (Fsp3) is 0.742. The lowest BCUT2D eigenvalue weighted by Crippen LogP contribution is -2.56. The minimum absolute atomic E-state index is 0.0589. The molecule has 0 radical (unpaired) electrons. The number of imidazole rings is 1. The summed E-state index contributed by atoms with van der Waals surface area (Å²) in [6.45, 7) is 2.52. The summed E-state index contributed by atoms with van der Waals surface area (Å²) in [7, 11) is 0. The van der Waals surface area contributed by atoms with Gasteiger partial charge in [0.25, 0.3) is 0 Å². The highest BCUT2D eigenvalue weighted by atomic mass is 16.5. The number of amides is 4. The summed E-state index contributed by atoms with van der Waals surface area (Å²) in [5.41, 5.74) is 6.10. The largest absolute Gasteiger partial charge is 0.444 e. The molecule has 0 aliphatic carbocycles. The average Bonchev–Trinajstić information content (AvgIpc) is 3.75. The van der Waals surface area contributed by atoms with Crippen LogP contribution in [0, 0.1) is 0 Å². The van der Waals surface area contributed by atoms with Crippen molar-refractivity contribution in [1.82, 2.24) is 25.1 Å². The van der Waals surface area contributed by atoms with E-state index in [1.807, 2.05) is 0 Å². The molecular formula is C31H50N6O6. The van der Waals surface area contributed by atoms with Crippen LogP contribution in [0.5, 0.6) is 0 Å². The van der Waals surface area contributed by atoms with Crippen LogP contribution in [0.2, 0.25) is 0 Å². The Kier molecular flexibility index (Phi) is 14.5. The molecule has 4 amide bonds. The zero-order chi connectivity index (χ0) is 31.0. The van der Waals surface area contributed by atoms with E-state index < -0.39 is 35.8 Å². The molecule has 4 N–H and O–H groups in total. The lowest BCUT2D eigenvalue weighted by atomic mass is 10.1. The number of carbonyl (C=O) groups is 5. The number of nitrogens with two attached hydrogens (primary N) is 1. The van der Waals surface area contributed by atoms with Gasteiger partial charge in [0, 0.05) is 37.7 Å². The van der Waals surface area contributed by atoms with Crippen molar-refractivity contribution in [3.63, 3.8) is 0 Å². The molecule has 12 nitrogen and oxygen atoms in total. The normalized spacial score (nSPS) is 18.8. The maximum Gasteiger partial charge on any atom is 0.307 e. The van der Waals surface area contributed by atoms with Crippen molar-refractivity contribution in [2.24, 2.45) is 5.73 Å². The van der Waals surface area contributed by atoms with Gasteiger partial charge in [0.1, 0.15) is 18.1 Å². The number of aromatic nitrogens is 2. The molecular weight excluding hydrogens is 552 g/mol. The van der Waals surface area contributed by atoms with Crippen molar-refractivity contribution in [2.75, 3.05) is 6.54 Å². The van der Waals surface area contributed by atoms with Gasteiger partial charge in [0.2, 0.25) is 23.6 Å². The van der Waals surface area contributed by atoms with Gasteiger partial charge >= 0.3 is 5.97 Å². The Morgan fingerprint density at radius 3 is 2.35 bits per heavy atom. The third-order valence-electron chi connectivity index (χ3n) is 8.35. The summed E-state index contributed by atoms with van der Waals surface area (Å²) in [6.07, 6.45) is 18.4. The molecule has 2 aliphatic rings. The van der Waals surface area contributed by atoms with E-state index in [9.17, 15) is 24.0 Å². The van der Waals surface area contributed by atoms with Crippen LogP contribution in [-0.2, 0) is 41.9 Å². The first-order valence-electron chi connectivity index (χ1n) is 16.1. The van der Waals surface area contributed by atoms with Crippen LogP contribution in [0.25, 0.3) is 0 Å². The van der Waals surface area contributed by atoms with Crippen molar-refractivity contribution in [1.29, 1.82) is 0 Å². The molecule has 2 aliphatic heterocycles. The van der Waals surface area contributed by atoms with E-state index >= 15 is 0 Å². The Bertz CT molecular complexity index is 1070. The highest BCUT2D eigenvalue weighted by Crippen LogP contribution is 2.20. The molecule has 0 bridgehead atoms. The smallest absolute Gasteiger partial charge is 0.307 e. The van der Waals surface area contributed by atoms with Crippen LogP contribution in [-0.4, -0.2) is 68.7 Å². The number of esters is 1. The molecule has 12 heteroatoms. The fourth-order valence-electron chi connectivity index (χ4n) is 5.80. The van der Waals surface area contributed by atoms with Crippen molar-refractivity contribution >= 4 is 29.6 Å². The van der Waals surface area contributed by atoms with E-state index in [1.54, 1.807) is 10.8 Å². The minimum atomic E-state index is -1.02. The molecule has 3 atom stereocenters. The second kappa shape index (κ2) is 18.3. The zero-order valence-electron chi connectivity index (χ0n) is 25.7. The number of nitrogens with one attached hydrogen (secondary N) is 2. The number of unbranched alkanes of at least 4 members (excludes halogenated alkanes) is 10. The van der Waals surface area contributed by atoms with Crippen molar-refractivity contribution in [2.45, 2.75) is 141 Å². The van der Waals surface area contributed by atoms with E-state index in [-0.39, 0.29) is 31.4 Å². The first-order valence-corrected chi connectivity index (χ1v) is 16.1. The lowest BCUT2D eigenvalue weighted by Gasteiger charge is -2.28. The van der Waals surface area contributed by atoms with Gasteiger partial charge < -0.3 is 30.6 Å². The molecule has 3 unspecified atom stereocenters. The van der Waals surface area contributed by atoms with Crippen molar-refractivity contribution < 1.29 is 28.7 Å². The number of likely N-dealkylation sites (tertiary alicyclic amines) is 1. The predicted molar refractivity (Wildman–Crippen MR) is 160 cm³/mol. The molecule has 1 aromatic heterocycles. The Morgan fingerprint density at radius 1 is 1.05 bits per heavy atom. The van der Waals surface area contributed by atoms with Crippen LogP contribution in [0.4, 0.5) is 0 Å². The Labute approximate surface area is 254 Å². The fourth-order valence-corrected chi connectivity index (χ4v) is 5.80. The number of hydrogen-bond acceptors (Lipinski definition) is 7. The van der Waals surface area contributed by atoms with Gasteiger partial charge in [0.05, 0.1) is 6.33 Å². The maximum absolute atomic E-state index is 13.6. The molecule has 0 aromatic carbocycles. The van der Waals surface area contributed by atoms with Crippen LogP contribution >= 0.6 is 0 Å². The van der Waals surface area contributed by atoms with Crippen LogP contribution in [0.1, 0.15) is 115 Å². The number of ether oxygens (including phenoxy) is 1. The van der Waals surface area contributed by atoms with E-state index in [0.29, 0.717) is 37.9 Å². The highest BCUT2D eigenvalue weighted by molar-refractivity contribution is 5.95. The summed E-state index contributed by atoms with van der Waals surface area (Å²) in [6, 6.07) is -2.48. The molecule has 3 rings (SSSR count). The molecule has 2 fully saturated rings. The summed E-state index contributed by atoms with van der Waals surface area (Å²) >= 11 is 0. The lowest BCUT2D eigenvalue weighted by molar-refractivity contribution is -0.147. The number of rotatable bonds is 20. The molecule has 43 heavy (non-hydrogen) atoms. The third-order valence-corrected chi connectivity index (χ3v) is 8.35. The first-order chi connectivity index (χ1) is 20.8. The number of nitrogens with zero attached hydrogens (tertiary/aromatic N) is 3. The number of hydrogen-bond donors (Lipinski definition) is 3. The third kappa shape index (κ3) is 11.3. The Balaban J connectivity index is 1.47. The summed E-state index contributed by atoms with van der Waals surface area (Å²) in [5, 5.41) is 5.38. The standard InChI is InChI=1S/C31H50N6O6/c1-2-3-4-5-6-7-8-9-10-11-12-15-28(39)43-22-36-21-33-20-23(36)19-25(35-30(41)24-16-17-27(38)34-24)31(42)37-18-13-14-26(37)29(32)40/h20-21,24-26H,2-19,22H2,1H3,(H2,32,40)(H,34,38)(H,35,41). The average molecular weight is 603 g/mol. The van der Waals surface area contributed by atoms with Gasteiger partial charge in [-0.3, -0.25) is 24.0 Å². The topological polar surface area (TPSA) is 166 Å². The van der Waals surface area contributed by atoms with Crippen molar-refractivity contribution in [3.8, 4) is 0 Å². The minimum Gasteiger partial charge on any atom is -0.444 e. The molecule has 240 valence electrons. The van der Waals surface area contributed by atoms with E-state index in [1.165, 1.54) is 62.6 Å². The van der Waals surface area contributed by atoms with Crippen LogP contribution in [0.15, 0.2) is 12.5 Å². The van der Waals surface area contributed by atoms with E-state index in [4.69, 9.17) is 10.5 Å². The van der Waals surface area contributed by atoms with Crippen molar-refractivity contribution in [3.05, 3.63) is 18.2 Å². The van der Waals surface area contributed by atoms with Gasteiger partial charge in [-0.05, 0) is 25.7 Å². The number of carbonyl (C=O) groups excluding carboxylic acids is 5. The molecule has 1 aromatic rings. The Hall–Kier alpha value is -3.44. The monoisotopic (exact) mass is 602 g/mol. The predicted octanol–water partition coefficient (Wildman–Crippen LogP) is 2.87. The summed E-state index contributed by atoms with van der Waals surface area (Å²) < 4.78 is 7.10. The zero-order valence-corrected chi connectivity index (χ0v) is 25.7. The van der Waals surface area contributed by atoms with E-state index in [2.05, 4.69) is 22.5 Å². The van der Waals surface area contributed by atoms with Gasteiger partial charge in [-0.1, -0.05) is 71.1 Å². The number of primary amides is 1. The van der Waals surface area contributed by atoms with Crippen LogP contribution < -0.4 is 16.4 Å². The van der Waals surface area contributed by atoms with Gasteiger partial charge in [-0.15, -0.1) is 0 Å². The van der Waals surface area contributed by atoms with Gasteiger partial charge in [-0.2, -0.15) is 0 Å². The first kappa shape index (κ1) is 34.1. The summed E-state index contributed by atoms with van der Waals surface area (Å²) in [4.78, 5) is 68.0. The van der Waals surface area contributed by atoms with E-state index in [0.717, 1.165) is 19.3 Å². The molecule has 3 heterocycles. The molecule has 2 saturated heterocycles. The second-order valence-corrected chi connectivity index (χ2v) is 11.8. The summed E-state index contributed by atoms with van der Waals surface area (Å²) in [5.74, 6) is -2.00. The maximum atomic E-state index is 13.6. The van der Waals surface area contributed by atoms with Gasteiger partial charge in [0.15, 0.2) is 6.73 Å². The quantitative estimate of drug-likeness (QED) is 0.152. The Morgan fingerprint density at radius 2 is 1.72 bits per heavy atom. The second-order valence-electron chi connectivity index (χ2n) is 11.8. The molecule has 0 spiro atoms. The highest BCUT2D eigenvalue weighted by Gasteiger charge is 2.38. The van der Waals surface area contributed by atoms with Gasteiger partial charge in [-0.25, -0.2) is 4.98 Å². The SMILES string of the molecule is CCCCCCCCCCCCCC(=O)OCn1cncc1CC(NC(=O)C1CCC(=O)N1)C(=O)N1CCCC1C(N)=O.